The maximum absolute atomic E-state index is 13.9. The lowest BCUT2D eigenvalue weighted by molar-refractivity contribution is 0.0939. The number of halogens is 2. The van der Waals surface area contributed by atoms with Crippen molar-refractivity contribution in [2.24, 2.45) is 0 Å². The third-order valence-electron chi connectivity index (χ3n) is 3.84. The number of carbonyl (C=O) groups excluding carboxylic acids is 1. The van der Waals surface area contributed by atoms with Crippen molar-refractivity contribution in [3.63, 3.8) is 0 Å². The van der Waals surface area contributed by atoms with Crippen LogP contribution >= 0.6 is 0 Å². The highest BCUT2D eigenvalue weighted by atomic mass is 19.1. The Balaban J connectivity index is 2.06. The number of rotatable bonds is 2. The van der Waals surface area contributed by atoms with Crippen molar-refractivity contribution in [2.45, 2.75) is 6.92 Å². The van der Waals surface area contributed by atoms with Crippen molar-refractivity contribution in [3.05, 3.63) is 53.1 Å². The topological polar surface area (TPSA) is 32.8 Å². The normalized spacial score (nSPS) is 13.6. The molecular formula is C17H16F2N2O2. The Morgan fingerprint density at radius 2 is 1.78 bits per heavy atom. The van der Waals surface area contributed by atoms with E-state index in [-0.39, 0.29) is 18.0 Å². The highest BCUT2D eigenvalue weighted by molar-refractivity contribution is 6.05. The molecule has 0 saturated heterocycles. The molecule has 0 fully saturated rings. The summed E-state index contributed by atoms with van der Waals surface area (Å²) in [5, 5.41) is 0.962. The molecule has 2 aromatic carbocycles. The number of hydrogen-bond acceptors (Lipinski definition) is 4. The summed E-state index contributed by atoms with van der Waals surface area (Å²) in [7, 11) is 3.76. The van der Waals surface area contributed by atoms with Gasteiger partial charge in [0.05, 0.1) is 5.56 Å². The van der Waals surface area contributed by atoms with Crippen LogP contribution in [-0.2, 0) is 0 Å². The number of para-hydroxylation sites is 1. The van der Waals surface area contributed by atoms with E-state index < -0.39 is 11.6 Å². The molecule has 0 radical (unpaired) electrons. The minimum absolute atomic E-state index is 0.241. The number of benzene rings is 2. The van der Waals surface area contributed by atoms with Crippen LogP contribution in [0.4, 0.5) is 20.2 Å². The molecule has 4 nitrogen and oxygen atoms in total. The van der Waals surface area contributed by atoms with Crippen LogP contribution in [0.1, 0.15) is 15.9 Å². The Morgan fingerprint density at radius 1 is 1.13 bits per heavy atom. The number of hydroxylamine groups is 1. The lowest BCUT2D eigenvalue weighted by Gasteiger charge is -2.31. The minimum atomic E-state index is -0.775. The van der Waals surface area contributed by atoms with Gasteiger partial charge < -0.3 is 9.74 Å². The summed E-state index contributed by atoms with van der Waals surface area (Å²) < 4.78 is 27.8. The Hall–Kier alpha value is -2.63. The Bertz CT molecular complexity index is 770. The molecule has 1 aliphatic heterocycles. The van der Waals surface area contributed by atoms with Gasteiger partial charge in [0.2, 0.25) is 0 Å². The summed E-state index contributed by atoms with van der Waals surface area (Å²) in [5.41, 5.74) is 1.77. The number of fused-ring (bicyclic) bond motifs is 1. The van der Waals surface area contributed by atoms with Crippen LogP contribution in [0.15, 0.2) is 30.3 Å². The Kier molecular flexibility index (Phi) is 3.67. The van der Waals surface area contributed by atoms with Crippen LogP contribution in [0.5, 0.6) is 5.75 Å². The molecule has 1 aliphatic rings. The molecule has 0 saturated carbocycles. The second-order valence-corrected chi connectivity index (χ2v) is 5.60. The molecule has 23 heavy (non-hydrogen) atoms. The fraction of sp³-hybridized carbons (Fsp3) is 0.235. The van der Waals surface area contributed by atoms with Gasteiger partial charge in [-0.1, -0.05) is 6.07 Å². The predicted octanol–water partition coefficient (Wildman–Crippen LogP) is 3.34. The van der Waals surface area contributed by atoms with E-state index in [9.17, 15) is 13.6 Å². The number of Topliss-reactive ketones (excluding diaryl/α,β-unsaturated/α-hetero) is 1. The first kappa shape index (κ1) is 15.3. The zero-order valence-electron chi connectivity index (χ0n) is 13.1. The second-order valence-electron chi connectivity index (χ2n) is 5.60. The van der Waals surface area contributed by atoms with E-state index in [1.165, 1.54) is 6.07 Å². The molecule has 0 bridgehead atoms. The van der Waals surface area contributed by atoms with Crippen molar-refractivity contribution in [1.82, 2.24) is 0 Å². The van der Waals surface area contributed by atoms with E-state index in [1.807, 2.05) is 32.0 Å². The quantitative estimate of drug-likeness (QED) is 0.850. The van der Waals surface area contributed by atoms with E-state index in [4.69, 9.17) is 4.84 Å². The molecule has 0 aromatic heterocycles. The standard InChI is InChI=1S/C17H16F2N2O2/c1-10-13(20(2)3)7-8-15-16(10)14(22)9-21(23-15)17-11(18)5-4-6-12(17)19/h4-8H,9H2,1-3H3. The monoisotopic (exact) mass is 318 g/mol. The van der Waals surface area contributed by atoms with Crippen molar-refractivity contribution >= 4 is 17.2 Å². The zero-order chi connectivity index (χ0) is 16.7. The summed E-state index contributed by atoms with van der Waals surface area (Å²) in [6, 6.07) is 6.97. The highest BCUT2D eigenvalue weighted by Gasteiger charge is 2.31. The third kappa shape index (κ3) is 2.50. The van der Waals surface area contributed by atoms with E-state index in [2.05, 4.69) is 0 Å². The molecule has 6 heteroatoms. The van der Waals surface area contributed by atoms with Crippen molar-refractivity contribution in [3.8, 4) is 5.75 Å². The predicted molar refractivity (Wildman–Crippen MR) is 84.2 cm³/mol. The van der Waals surface area contributed by atoms with E-state index in [1.54, 1.807) is 6.07 Å². The summed E-state index contributed by atoms with van der Waals surface area (Å²) in [6.45, 7) is 1.58. The Labute approximate surface area is 132 Å². The fourth-order valence-corrected chi connectivity index (χ4v) is 2.80. The summed E-state index contributed by atoms with van der Waals surface area (Å²) in [4.78, 5) is 20.0. The Morgan fingerprint density at radius 3 is 2.39 bits per heavy atom. The van der Waals surface area contributed by atoms with Crippen molar-refractivity contribution < 1.29 is 18.4 Å². The van der Waals surface area contributed by atoms with E-state index >= 15 is 0 Å². The van der Waals surface area contributed by atoms with Crippen LogP contribution in [0, 0.1) is 18.6 Å². The summed E-state index contributed by atoms with van der Waals surface area (Å²) in [5.74, 6) is -1.49. The molecule has 0 N–H and O–H groups in total. The third-order valence-corrected chi connectivity index (χ3v) is 3.84. The number of nitrogens with zero attached hydrogens (tertiary/aromatic N) is 2. The molecule has 1 heterocycles. The van der Waals surface area contributed by atoms with Crippen LogP contribution in [-0.4, -0.2) is 26.4 Å². The van der Waals surface area contributed by atoms with Gasteiger partial charge in [-0.2, -0.15) is 5.06 Å². The molecule has 0 atom stereocenters. The number of anilines is 2. The SMILES string of the molecule is Cc1c(N(C)C)ccc2c1C(=O)CN(c1c(F)cccc1F)O2. The lowest BCUT2D eigenvalue weighted by atomic mass is 10.00. The molecule has 0 unspecified atom stereocenters. The van der Waals surface area contributed by atoms with Crippen LogP contribution in [0.3, 0.4) is 0 Å². The summed E-state index contributed by atoms with van der Waals surface area (Å²) in [6.07, 6.45) is 0. The molecule has 0 aliphatic carbocycles. The molecule has 120 valence electrons. The minimum Gasteiger partial charge on any atom is -0.378 e. The molecule has 3 rings (SSSR count). The van der Waals surface area contributed by atoms with Gasteiger partial charge in [-0.3, -0.25) is 4.79 Å². The fourth-order valence-electron chi connectivity index (χ4n) is 2.80. The van der Waals surface area contributed by atoms with E-state index in [0.29, 0.717) is 11.3 Å². The van der Waals surface area contributed by atoms with Crippen molar-refractivity contribution in [1.29, 1.82) is 0 Å². The number of ketones is 1. The average Bonchev–Trinajstić information content (AvgIpc) is 2.46. The lowest BCUT2D eigenvalue weighted by Crippen LogP contribution is -2.39. The first-order valence-electron chi connectivity index (χ1n) is 7.13. The summed E-state index contributed by atoms with van der Waals surface area (Å²) >= 11 is 0. The average molecular weight is 318 g/mol. The van der Waals surface area contributed by atoms with Crippen LogP contribution in [0.25, 0.3) is 0 Å². The second kappa shape index (κ2) is 5.53. The molecule has 0 amide bonds. The number of carbonyl (C=O) groups is 1. The van der Waals surface area contributed by atoms with Gasteiger partial charge in [-0.05, 0) is 36.8 Å². The van der Waals surface area contributed by atoms with Crippen LogP contribution < -0.4 is 14.8 Å². The first-order valence-corrected chi connectivity index (χ1v) is 7.13. The molecular weight excluding hydrogens is 302 g/mol. The van der Waals surface area contributed by atoms with Gasteiger partial charge in [0.1, 0.15) is 12.2 Å². The van der Waals surface area contributed by atoms with Gasteiger partial charge in [-0.25, -0.2) is 8.78 Å². The van der Waals surface area contributed by atoms with Gasteiger partial charge in [0.25, 0.3) is 0 Å². The highest BCUT2D eigenvalue weighted by Crippen LogP contribution is 2.35. The molecule has 0 spiro atoms. The van der Waals surface area contributed by atoms with E-state index in [0.717, 1.165) is 28.4 Å². The van der Waals surface area contributed by atoms with Crippen LogP contribution in [0.2, 0.25) is 0 Å². The van der Waals surface area contributed by atoms with Gasteiger partial charge in [0, 0.05) is 19.8 Å². The maximum atomic E-state index is 13.9. The molecule has 2 aromatic rings. The maximum Gasteiger partial charge on any atom is 0.189 e. The van der Waals surface area contributed by atoms with Crippen molar-refractivity contribution in [2.75, 3.05) is 30.6 Å². The first-order chi connectivity index (χ1) is 10.9. The largest absolute Gasteiger partial charge is 0.378 e. The zero-order valence-corrected chi connectivity index (χ0v) is 13.1. The van der Waals surface area contributed by atoms with Gasteiger partial charge >= 0.3 is 0 Å². The van der Waals surface area contributed by atoms with Gasteiger partial charge in [0.15, 0.2) is 23.2 Å². The van der Waals surface area contributed by atoms with Gasteiger partial charge in [-0.15, -0.1) is 0 Å². The number of hydrogen-bond donors (Lipinski definition) is 0. The smallest absolute Gasteiger partial charge is 0.189 e.